The number of thiazole rings is 1. The average molecular weight is 696 g/mol. The zero-order valence-electron chi connectivity index (χ0n) is 28.8. The molecule has 2 saturated heterocycles. The van der Waals surface area contributed by atoms with Crippen LogP contribution in [0.2, 0.25) is 0 Å². The second-order valence-corrected chi connectivity index (χ2v) is 14.9. The highest BCUT2D eigenvalue weighted by molar-refractivity contribution is 7.13. The number of piperazine rings is 1. The van der Waals surface area contributed by atoms with Crippen LogP contribution in [0.3, 0.4) is 0 Å². The number of nitrogens with two attached hydrogens (primary N) is 1. The van der Waals surface area contributed by atoms with Crippen molar-refractivity contribution < 1.29 is 24.6 Å². The fraction of sp³-hybridized carbons (Fsp3) is 0.559. The lowest BCUT2D eigenvalue weighted by Crippen LogP contribution is -2.59. The van der Waals surface area contributed by atoms with Gasteiger partial charge in [-0.3, -0.25) is 24.7 Å². The van der Waals surface area contributed by atoms with Crippen LogP contribution in [0, 0.1) is 12.3 Å². The minimum atomic E-state index is -0.908. The lowest BCUT2D eigenvalue weighted by molar-refractivity contribution is -0.144. The summed E-state index contributed by atoms with van der Waals surface area (Å²) >= 11 is 1.58. The summed E-state index contributed by atoms with van der Waals surface area (Å²) in [6, 6.07) is 5.85. The molecule has 0 aliphatic carbocycles. The molecule has 49 heavy (non-hydrogen) atoms. The molecule has 7 N–H and O–H groups in total. The number of benzene rings is 1. The number of aromatic nitrogens is 1. The number of nitrogens with zero attached hydrogens (tertiary/aromatic N) is 5. The summed E-state index contributed by atoms with van der Waals surface area (Å²) in [4.78, 5) is 52.0. The van der Waals surface area contributed by atoms with Crippen LogP contribution >= 0.6 is 11.3 Å². The number of nitrogens with one attached hydrogen (secondary N) is 3. The summed E-state index contributed by atoms with van der Waals surface area (Å²) in [6.07, 6.45) is 0.568. The highest BCUT2D eigenvalue weighted by atomic mass is 32.1. The van der Waals surface area contributed by atoms with Gasteiger partial charge in [-0.1, -0.05) is 45.0 Å². The number of likely N-dealkylation sites (tertiary alicyclic amines) is 1. The van der Waals surface area contributed by atoms with Gasteiger partial charge in [0.25, 0.3) is 0 Å². The molecular formula is C34H49N9O5S. The molecule has 0 radical (unpaired) electrons. The van der Waals surface area contributed by atoms with E-state index in [1.807, 2.05) is 69.3 Å². The summed E-state index contributed by atoms with van der Waals surface area (Å²) in [7, 11) is 0. The Kier molecular flexibility index (Phi) is 11.4. The lowest BCUT2D eigenvalue weighted by atomic mass is 9.85. The molecule has 3 aliphatic heterocycles. The van der Waals surface area contributed by atoms with Gasteiger partial charge in [0.15, 0.2) is 0 Å². The van der Waals surface area contributed by atoms with E-state index in [1.54, 1.807) is 17.4 Å². The van der Waals surface area contributed by atoms with Crippen molar-refractivity contribution in [3.05, 3.63) is 52.8 Å². The molecule has 2 aromatic rings. The summed E-state index contributed by atoms with van der Waals surface area (Å²) in [5.74, 6) is -1.04. The second kappa shape index (κ2) is 15.3. The van der Waals surface area contributed by atoms with Crippen LogP contribution in [0.1, 0.15) is 51.4 Å². The van der Waals surface area contributed by atoms with Gasteiger partial charge in [0, 0.05) is 39.1 Å². The summed E-state index contributed by atoms with van der Waals surface area (Å²) in [6.45, 7) is 11.8. The summed E-state index contributed by atoms with van der Waals surface area (Å²) < 4.78 is 0. The predicted octanol–water partition coefficient (Wildman–Crippen LogP) is 0.526. The highest BCUT2D eigenvalue weighted by Gasteiger charge is 2.45. The van der Waals surface area contributed by atoms with E-state index in [4.69, 9.17) is 5.73 Å². The number of carbonyl (C=O) groups excluding carboxylic acids is 3. The Labute approximate surface area is 291 Å². The molecule has 3 amide bonds. The van der Waals surface area contributed by atoms with Crippen LogP contribution in [0.25, 0.3) is 10.4 Å². The fourth-order valence-corrected chi connectivity index (χ4v) is 7.28. The Morgan fingerprint density at radius 3 is 2.43 bits per heavy atom. The highest BCUT2D eigenvalue weighted by Crippen LogP contribution is 2.29. The van der Waals surface area contributed by atoms with Crippen molar-refractivity contribution >= 4 is 34.8 Å². The average Bonchev–Trinajstić information content (AvgIpc) is 3.68. The third-order valence-corrected chi connectivity index (χ3v) is 10.3. The topological polar surface area (TPSA) is 189 Å². The third kappa shape index (κ3) is 8.65. The van der Waals surface area contributed by atoms with Crippen molar-refractivity contribution in [2.75, 3.05) is 45.9 Å². The third-order valence-electron chi connectivity index (χ3n) is 9.31. The van der Waals surface area contributed by atoms with E-state index in [2.05, 4.69) is 31.0 Å². The number of β-amino-alcohol motifs (C(OH)–C–C–N with tert-alkyl or cyclic N) is 1. The van der Waals surface area contributed by atoms with Gasteiger partial charge >= 0.3 is 0 Å². The zero-order chi connectivity index (χ0) is 35.5. The molecule has 1 unspecified atom stereocenters. The molecule has 5 rings (SSSR count). The first-order chi connectivity index (χ1) is 23.2. The molecular weight excluding hydrogens is 646 g/mol. The van der Waals surface area contributed by atoms with E-state index in [9.17, 15) is 24.6 Å². The quantitative estimate of drug-likeness (QED) is 0.205. The standard InChI is InChI=1S/C34H49N9O5S/c1-20(22-6-8-23(9-7-22)29-21(2)36-19-49-29)37-32(47)27-15-25(45)16-43(27)33(48)30(34(3,4)5)38-28(46)17-41-10-12-42(13-11-41)26-14-24(18-44)39-40-31(26)35/h6-9,14,19-20,25,27,30-31,40,44-45H,10-13,15-18,35H2,1-5H3,(H,37,47)(H,38,46)/t20-,25+,27-,30+,31?/m0/s1. The maximum atomic E-state index is 14.1. The van der Waals surface area contributed by atoms with E-state index in [-0.39, 0.29) is 44.0 Å². The molecule has 2 fully saturated rings. The Morgan fingerprint density at radius 2 is 1.82 bits per heavy atom. The van der Waals surface area contributed by atoms with Crippen LogP contribution < -0.4 is 21.8 Å². The normalized spacial score (nSPS) is 22.9. The maximum Gasteiger partial charge on any atom is 0.246 e. The van der Waals surface area contributed by atoms with E-state index in [0.717, 1.165) is 27.4 Å². The molecule has 1 aromatic carbocycles. The molecule has 4 heterocycles. The molecule has 15 heteroatoms. The number of carbonyl (C=O) groups is 3. The first kappa shape index (κ1) is 36.4. The summed E-state index contributed by atoms with van der Waals surface area (Å²) in [5.41, 5.74) is 14.4. The largest absolute Gasteiger partial charge is 0.391 e. The minimum Gasteiger partial charge on any atom is -0.391 e. The molecule has 5 atom stereocenters. The Balaban J connectivity index is 1.18. The van der Waals surface area contributed by atoms with E-state index < -0.39 is 35.7 Å². The second-order valence-electron chi connectivity index (χ2n) is 14.1. The van der Waals surface area contributed by atoms with E-state index in [0.29, 0.717) is 31.9 Å². The number of hydrogen-bond acceptors (Lipinski definition) is 12. The van der Waals surface area contributed by atoms with Gasteiger partial charge in [-0.05, 0) is 36.5 Å². The van der Waals surface area contributed by atoms with Crippen LogP contribution in [0.4, 0.5) is 0 Å². The molecule has 0 saturated carbocycles. The van der Waals surface area contributed by atoms with Gasteiger partial charge in [0.05, 0.1) is 52.8 Å². The van der Waals surface area contributed by atoms with Crippen molar-refractivity contribution in [1.29, 1.82) is 0 Å². The molecule has 0 bridgehead atoms. The zero-order valence-corrected chi connectivity index (χ0v) is 29.7. The smallest absolute Gasteiger partial charge is 0.246 e. The van der Waals surface area contributed by atoms with Crippen molar-refractivity contribution in [3.63, 3.8) is 0 Å². The minimum absolute atomic E-state index is 0.00809. The first-order valence-corrected chi connectivity index (χ1v) is 17.6. The number of aliphatic hydroxyl groups excluding tert-OH is 2. The van der Waals surface area contributed by atoms with E-state index in [1.165, 1.54) is 4.90 Å². The van der Waals surface area contributed by atoms with Gasteiger partial charge in [-0.25, -0.2) is 4.98 Å². The monoisotopic (exact) mass is 695 g/mol. The van der Waals surface area contributed by atoms with Gasteiger partial charge in [-0.15, -0.1) is 11.3 Å². The Hall–Kier alpha value is -3.89. The van der Waals surface area contributed by atoms with Gasteiger partial charge in [0.1, 0.15) is 18.2 Å². The SMILES string of the molecule is Cc1ncsc1-c1ccc([C@H](C)NC(=O)[C@@H]2C[C@@H](O)CN2C(=O)[C@@H](NC(=O)CN2CCN(C3=CC(CO)=NNC3N)CC2)C(C)(C)C)cc1. The fourth-order valence-electron chi connectivity index (χ4n) is 6.47. The molecule has 1 aromatic heterocycles. The number of hydrogen-bond donors (Lipinski definition) is 6. The van der Waals surface area contributed by atoms with Crippen molar-refractivity contribution in [2.24, 2.45) is 16.3 Å². The van der Waals surface area contributed by atoms with Crippen LogP contribution in [0.5, 0.6) is 0 Å². The molecule has 0 spiro atoms. The maximum absolute atomic E-state index is 14.1. The first-order valence-electron chi connectivity index (χ1n) is 16.7. The van der Waals surface area contributed by atoms with Crippen LogP contribution in [-0.4, -0.2) is 124 Å². The van der Waals surface area contributed by atoms with Gasteiger partial charge in [0.2, 0.25) is 17.7 Å². The lowest BCUT2D eigenvalue weighted by Gasteiger charge is -2.40. The Bertz CT molecular complexity index is 1560. The number of aryl methyl sites for hydroxylation is 1. The molecule has 266 valence electrons. The molecule has 3 aliphatic rings. The van der Waals surface area contributed by atoms with E-state index >= 15 is 0 Å². The van der Waals surface area contributed by atoms with Crippen molar-refractivity contribution in [3.8, 4) is 10.4 Å². The van der Waals surface area contributed by atoms with Crippen LogP contribution in [0.15, 0.2) is 46.7 Å². The number of rotatable bonds is 10. The van der Waals surface area contributed by atoms with Gasteiger partial charge in [-0.2, -0.15) is 5.10 Å². The molecule has 14 nitrogen and oxygen atoms in total. The number of hydrazone groups is 1. The van der Waals surface area contributed by atoms with Gasteiger partial charge < -0.3 is 36.4 Å². The van der Waals surface area contributed by atoms with Crippen molar-refractivity contribution in [2.45, 2.75) is 71.4 Å². The number of aliphatic hydroxyl groups is 2. The summed E-state index contributed by atoms with van der Waals surface area (Å²) in [5, 5.41) is 30.1. The van der Waals surface area contributed by atoms with Crippen molar-refractivity contribution in [1.82, 2.24) is 35.7 Å². The number of amides is 3. The predicted molar refractivity (Wildman–Crippen MR) is 188 cm³/mol. The van der Waals surface area contributed by atoms with Crippen LogP contribution in [-0.2, 0) is 14.4 Å². The Morgan fingerprint density at radius 1 is 1.12 bits per heavy atom.